The van der Waals surface area contributed by atoms with Crippen molar-refractivity contribution in [1.82, 2.24) is 10.2 Å². The van der Waals surface area contributed by atoms with E-state index in [-0.39, 0.29) is 5.41 Å². The molecule has 1 saturated heterocycles. The van der Waals surface area contributed by atoms with Crippen molar-refractivity contribution in [2.45, 2.75) is 19.3 Å². The predicted molar refractivity (Wildman–Crippen MR) is 102 cm³/mol. The fraction of sp³-hybridized carbons (Fsp3) is 0.409. The second kappa shape index (κ2) is 7.12. The highest BCUT2D eigenvalue weighted by Crippen LogP contribution is 2.32. The summed E-state index contributed by atoms with van der Waals surface area (Å²) < 4.78 is 5.34. The average molecular weight is 350 g/mol. The van der Waals surface area contributed by atoms with Gasteiger partial charge in [0, 0.05) is 26.2 Å². The maximum absolute atomic E-state index is 13.4. The van der Waals surface area contributed by atoms with Gasteiger partial charge in [0.25, 0.3) is 0 Å². The molecule has 1 amide bonds. The Hall–Kier alpha value is -2.33. The normalized spacial score (nSPS) is 18.4. The molecule has 1 N–H and O–H groups in total. The van der Waals surface area contributed by atoms with Gasteiger partial charge in [0.2, 0.25) is 5.91 Å². The van der Waals surface area contributed by atoms with Crippen molar-refractivity contribution >= 4 is 5.91 Å². The van der Waals surface area contributed by atoms with E-state index in [2.05, 4.69) is 40.5 Å². The molecule has 0 aromatic heterocycles. The van der Waals surface area contributed by atoms with E-state index < -0.39 is 0 Å². The predicted octanol–water partition coefficient (Wildman–Crippen LogP) is 2.45. The topological polar surface area (TPSA) is 41.6 Å². The number of rotatable bonds is 4. The maximum Gasteiger partial charge on any atom is 0.231 e. The average Bonchev–Trinajstić information content (AvgIpc) is 2.87. The van der Waals surface area contributed by atoms with Crippen molar-refractivity contribution in [3.63, 3.8) is 0 Å². The van der Waals surface area contributed by atoms with Crippen LogP contribution >= 0.6 is 0 Å². The second-order valence-electron chi connectivity index (χ2n) is 7.47. The fourth-order valence-electron chi connectivity index (χ4n) is 4.16. The van der Waals surface area contributed by atoms with Gasteiger partial charge in [-0.3, -0.25) is 4.79 Å². The molecule has 0 unspecified atom stereocenters. The van der Waals surface area contributed by atoms with Crippen molar-refractivity contribution < 1.29 is 9.53 Å². The third-order valence-electron chi connectivity index (χ3n) is 5.76. The summed E-state index contributed by atoms with van der Waals surface area (Å²) in [6, 6.07) is 16.7. The first kappa shape index (κ1) is 17.1. The lowest BCUT2D eigenvalue weighted by molar-refractivity contribution is -0.145. The van der Waals surface area contributed by atoms with Gasteiger partial charge in [-0.15, -0.1) is 0 Å². The van der Waals surface area contributed by atoms with Crippen LogP contribution in [0.4, 0.5) is 0 Å². The first-order valence-electron chi connectivity index (χ1n) is 9.40. The molecule has 0 saturated carbocycles. The largest absolute Gasteiger partial charge is 0.497 e. The van der Waals surface area contributed by atoms with Crippen LogP contribution in [0.2, 0.25) is 0 Å². The Morgan fingerprint density at radius 1 is 1.08 bits per heavy atom. The number of nitrogens with zero attached hydrogens (tertiary/aromatic N) is 1. The Morgan fingerprint density at radius 2 is 1.77 bits per heavy atom. The van der Waals surface area contributed by atoms with E-state index in [1.54, 1.807) is 7.11 Å². The summed E-state index contributed by atoms with van der Waals surface area (Å²) in [5.41, 5.74) is 3.62. The Labute approximate surface area is 155 Å². The molecule has 2 aromatic rings. The lowest BCUT2D eigenvalue weighted by Gasteiger charge is -2.44. The lowest BCUT2D eigenvalue weighted by Crippen LogP contribution is -2.63. The first-order valence-corrected chi connectivity index (χ1v) is 9.40. The van der Waals surface area contributed by atoms with Gasteiger partial charge < -0.3 is 15.0 Å². The molecule has 0 radical (unpaired) electrons. The SMILES string of the molecule is COc1cccc(CC2(C(=O)N3CCc4ccccc4CC3)CNC2)c1. The van der Waals surface area contributed by atoms with Crippen molar-refractivity contribution in [3.05, 3.63) is 65.2 Å². The van der Waals surface area contributed by atoms with E-state index in [1.807, 2.05) is 18.2 Å². The van der Waals surface area contributed by atoms with E-state index in [4.69, 9.17) is 4.74 Å². The molecule has 26 heavy (non-hydrogen) atoms. The third kappa shape index (κ3) is 3.21. The van der Waals surface area contributed by atoms with Gasteiger partial charge in [0.05, 0.1) is 12.5 Å². The molecule has 0 spiro atoms. The number of fused-ring (bicyclic) bond motifs is 1. The van der Waals surface area contributed by atoms with Crippen LogP contribution in [-0.4, -0.2) is 44.1 Å². The molecule has 136 valence electrons. The maximum atomic E-state index is 13.4. The summed E-state index contributed by atoms with van der Waals surface area (Å²) in [4.78, 5) is 15.5. The molecule has 4 rings (SSSR count). The summed E-state index contributed by atoms with van der Waals surface area (Å²) in [6.45, 7) is 3.14. The van der Waals surface area contributed by atoms with Gasteiger partial charge in [-0.1, -0.05) is 36.4 Å². The van der Waals surface area contributed by atoms with Crippen LogP contribution < -0.4 is 10.1 Å². The third-order valence-corrected chi connectivity index (χ3v) is 5.76. The van der Waals surface area contributed by atoms with Crippen LogP contribution in [0.25, 0.3) is 0 Å². The summed E-state index contributed by atoms with van der Waals surface area (Å²) in [5, 5.41) is 3.32. The molecule has 2 aromatic carbocycles. The molecule has 2 aliphatic heterocycles. The summed E-state index contributed by atoms with van der Waals surface area (Å²) in [6.07, 6.45) is 2.66. The molecule has 2 heterocycles. The van der Waals surface area contributed by atoms with E-state index in [0.717, 1.165) is 56.8 Å². The van der Waals surface area contributed by atoms with Crippen LogP contribution in [-0.2, 0) is 24.1 Å². The molecule has 1 fully saturated rings. The zero-order valence-electron chi connectivity index (χ0n) is 15.3. The van der Waals surface area contributed by atoms with Gasteiger partial charge in [0.1, 0.15) is 5.75 Å². The van der Waals surface area contributed by atoms with Crippen molar-refractivity contribution in [3.8, 4) is 5.75 Å². The summed E-state index contributed by atoms with van der Waals surface area (Å²) in [5.74, 6) is 1.15. The highest BCUT2D eigenvalue weighted by molar-refractivity contribution is 5.85. The Morgan fingerprint density at radius 3 is 2.35 bits per heavy atom. The van der Waals surface area contributed by atoms with Crippen molar-refractivity contribution in [1.29, 1.82) is 0 Å². The molecule has 0 aliphatic carbocycles. The van der Waals surface area contributed by atoms with Crippen LogP contribution in [0, 0.1) is 5.41 Å². The second-order valence-corrected chi connectivity index (χ2v) is 7.47. The number of hydrogen-bond donors (Lipinski definition) is 1. The van der Waals surface area contributed by atoms with Crippen LogP contribution in [0.1, 0.15) is 16.7 Å². The van der Waals surface area contributed by atoms with Gasteiger partial charge in [-0.25, -0.2) is 0 Å². The van der Waals surface area contributed by atoms with E-state index in [9.17, 15) is 4.79 Å². The van der Waals surface area contributed by atoms with E-state index in [1.165, 1.54) is 11.1 Å². The smallest absolute Gasteiger partial charge is 0.231 e. The van der Waals surface area contributed by atoms with Crippen LogP contribution in [0.5, 0.6) is 5.75 Å². The number of amides is 1. The number of ether oxygens (including phenoxy) is 1. The summed E-state index contributed by atoms with van der Waals surface area (Å²) >= 11 is 0. The Bertz CT molecular complexity index is 771. The molecule has 4 nitrogen and oxygen atoms in total. The Kier molecular flexibility index (Phi) is 4.68. The standard InChI is InChI=1S/C22H26N2O2/c1-26-20-8-4-5-17(13-20)14-22(15-23-16-22)21(25)24-11-9-18-6-2-3-7-19(18)10-12-24/h2-8,13,23H,9-12,14-16H2,1H3. The lowest BCUT2D eigenvalue weighted by atomic mass is 9.75. The molecule has 2 aliphatic rings. The molecule has 4 heteroatoms. The summed E-state index contributed by atoms with van der Waals surface area (Å²) in [7, 11) is 1.68. The van der Waals surface area contributed by atoms with Gasteiger partial charge in [-0.2, -0.15) is 0 Å². The van der Waals surface area contributed by atoms with Gasteiger partial charge >= 0.3 is 0 Å². The zero-order valence-corrected chi connectivity index (χ0v) is 15.3. The number of nitrogens with one attached hydrogen (secondary N) is 1. The van der Waals surface area contributed by atoms with E-state index in [0.29, 0.717) is 5.91 Å². The van der Waals surface area contributed by atoms with Crippen LogP contribution in [0.3, 0.4) is 0 Å². The van der Waals surface area contributed by atoms with Gasteiger partial charge in [0.15, 0.2) is 0 Å². The Balaban J connectivity index is 1.50. The number of carbonyl (C=O) groups excluding carboxylic acids is 1. The number of methoxy groups -OCH3 is 1. The minimum absolute atomic E-state index is 0.298. The van der Waals surface area contributed by atoms with Gasteiger partial charge in [-0.05, 0) is 48.1 Å². The first-order chi connectivity index (χ1) is 12.7. The number of carbonyl (C=O) groups is 1. The highest BCUT2D eigenvalue weighted by atomic mass is 16.5. The molecule has 0 atom stereocenters. The highest BCUT2D eigenvalue weighted by Gasteiger charge is 2.46. The molecular formula is C22H26N2O2. The van der Waals surface area contributed by atoms with Crippen LogP contribution in [0.15, 0.2) is 48.5 Å². The minimum atomic E-state index is -0.317. The number of benzene rings is 2. The molecule has 0 bridgehead atoms. The number of hydrogen-bond acceptors (Lipinski definition) is 3. The van der Waals surface area contributed by atoms with Crippen molar-refractivity contribution in [2.24, 2.45) is 5.41 Å². The van der Waals surface area contributed by atoms with Crippen molar-refractivity contribution in [2.75, 3.05) is 33.3 Å². The quantitative estimate of drug-likeness (QED) is 0.921. The monoisotopic (exact) mass is 350 g/mol. The molecular weight excluding hydrogens is 324 g/mol. The van der Waals surface area contributed by atoms with E-state index >= 15 is 0 Å². The minimum Gasteiger partial charge on any atom is -0.497 e. The fourth-order valence-corrected chi connectivity index (χ4v) is 4.16. The zero-order chi connectivity index (χ0) is 18.0.